The van der Waals surface area contributed by atoms with Crippen molar-refractivity contribution in [2.75, 3.05) is 39.3 Å². The molecule has 0 bridgehead atoms. The number of piperazine rings is 1. The molecular formula is C18H34N4O2. The van der Waals surface area contributed by atoms with Crippen LogP contribution < -0.4 is 16.0 Å². The lowest BCUT2D eigenvalue weighted by Crippen LogP contribution is -2.46. The minimum absolute atomic E-state index is 0.0189. The van der Waals surface area contributed by atoms with Gasteiger partial charge in [-0.05, 0) is 38.6 Å². The fourth-order valence-electron chi connectivity index (χ4n) is 3.62. The van der Waals surface area contributed by atoms with E-state index in [-0.39, 0.29) is 11.8 Å². The Kier molecular flexibility index (Phi) is 8.53. The first-order valence-corrected chi connectivity index (χ1v) is 9.65. The van der Waals surface area contributed by atoms with Crippen LogP contribution in [0, 0.1) is 5.92 Å². The largest absolute Gasteiger partial charge is 0.354 e. The number of carbonyl (C=O) groups excluding carboxylic acids is 2. The first kappa shape index (κ1) is 19.2. The monoisotopic (exact) mass is 338 g/mol. The molecular weight excluding hydrogens is 304 g/mol. The molecule has 2 fully saturated rings. The molecule has 1 saturated heterocycles. The molecule has 0 radical (unpaired) electrons. The Morgan fingerprint density at radius 3 is 2.58 bits per heavy atom. The highest BCUT2D eigenvalue weighted by molar-refractivity contribution is 5.87. The van der Waals surface area contributed by atoms with Crippen molar-refractivity contribution < 1.29 is 9.59 Å². The standard InChI is InChI=1S/C18H34N4O2/c1-15(21-17(23)14-16-6-3-2-4-7-16)18(24)20-8-5-11-22-12-9-19-10-13-22/h15-16,19H,2-14H2,1H3,(H,20,24)(H,21,23). The predicted octanol–water partition coefficient (Wildman–Crippen LogP) is 0.873. The second kappa shape index (κ2) is 10.7. The van der Waals surface area contributed by atoms with E-state index in [4.69, 9.17) is 0 Å². The lowest BCUT2D eigenvalue weighted by molar-refractivity contribution is -0.129. The van der Waals surface area contributed by atoms with Gasteiger partial charge in [0, 0.05) is 39.1 Å². The summed E-state index contributed by atoms with van der Waals surface area (Å²) in [4.78, 5) is 26.5. The minimum Gasteiger partial charge on any atom is -0.354 e. The first-order chi connectivity index (χ1) is 11.6. The molecule has 0 aromatic carbocycles. The van der Waals surface area contributed by atoms with Crippen LogP contribution in [0.4, 0.5) is 0 Å². The van der Waals surface area contributed by atoms with Crippen molar-refractivity contribution >= 4 is 11.8 Å². The molecule has 6 heteroatoms. The van der Waals surface area contributed by atoms with E-state index in [9.17, 15) is 9.59 Å². The van der Waals surface area contributed by atoms with Gasteiger partial charge in [0.05, 0.1) is 0 Å². The molecule has 3 N–H and O–H groups in total. The maximum absolute atomic E-state index is 12.1. The fraction of sp³-hybridized carbons (Fsp3) is 0.889. The Bertz CT molecular complexity index is 390. The highest BCUT2D eigenvalue weighted by atomic mass is 16.2. The lowest BCUT2D eigenvalue weighted by atomic mass is 9.87. The summed E-state index contributed by atoms with van der Waals surface area (Å²) in [6.07, 6.45) is 7.60. The summed E-state index contributed by atoms with van der Waals surface area (Å²) in [5.74, 6) is 0.450. The van der Waals surface area contributed by atoms with Gasteiger partial charge in [0.1, 0.15) is 6.04 Å². The zero-order valence-electron chi connectivity index (χ0n) is 15.1. The molecule has 138 valence electrons. The van der Waals surface area contributed by atoms with Gasteiger partial charge >= 0.3 is 0 Å². The molecule has 1 atom stereocenters. The average molecular weight is 338 g/mol. The SMILES string of the molecule is CC(NC(=O)CC1CCCCC1)C(=O)NCCCN1CCNCC1. The van der Waals surface area contributed by atoms with E-state index >= 15 is 0 Å². The van der Waals surface area contributed by atoms with E-state index in [2.05, 4.69) is 20.9 Å². The molecule has 0 spiro atoms. The van der Waals surface area contributed by atoms with Crippen LogP contribution in [0.1, 0.15) is 51.9 Å². The molecule has 2 rings (SSSR count). The zero-order valence-corrected chi connectivity index (χ0v) is 15.1. The molecule has 1 heterocycles. The van der Waals surface area contributed by atoms with Crippen LogP contribution in [-0.2, 0) is 9.59 Å². The molecule has 0 aromatic heterocycles. The van der Waals surface area contributed by atoms with Crippen LogP contribution in [0.5, 0.6) is 0 Å². The van der Waals surface area contributed by atoms with Crippen LogP contribution in [-0.4, -0.2) is 62.0 Å². The van der Waals surface area contributed by atoms with Gasteiger partial charge in [-0.3, -0.25) is 9.59 Å². The van der Waals surface area contributed by atoms with Crippen LogP contribution in [0.2, 0.25) is 0 Å². The van der Waals surface area contributed by atoms with E-state index in [0.29, 0.717) is 18.9 Å². The van der Waals surface area contributed by atoms with Gasteiger partial charge in [-0.25, -0.2) is 0 Å². The van der Waals surface area contributed by atoms with Crippen molar-refractivity contribution in [3.8, 4) is 0 Å². The Labute approximate surface area is 146 Å². The van der Waals surface area contributed by atoms with E-state index in [1.54, 1.807) is 6.92 Å². The van der Waals surface area contributed by atoms with E-state index in [0.717, 1.165) is 52.0 Å². The summed E-state index contributed by atoms with van der Waals surface area (Å²) in [7, 11) is 0. The topological polar surface area (TPSA) is 73.5 Å². The van der Waals surface area contributed by atoms with Crippen molar-refractivity contribution in [1.82, 2.24) is 20.9 Å². The number of nitrogens with zero attached hydrogens (tertiary/aromatic N) is 1. The van der Waals surface area contributed by atoms with Gasteiger partial charge in [-0.2, -0.15) is 0 Å². The molecule has 1 aliphatic heterocycles. The van der Waals surface area contributed by atoms with E-state index in [1.807, 2.05) is 0 Å². The Morgan fingerprint density at radius 1 is 1.17 bits per heavy atom. The highest BCUT2D eigenvalue weighted by Gasteiger charge is 2.20. The van der Waals surface area contributed by atoms with E-state index in [1.165, 1.54) is 19.3 Å². The van der Waals surface area contributed by atoms with Crippen LogP contribution >= 0.6 is 0 Å². The molecule has 1 unspecified atom stereocenters. The summed E-state index contributed by atoms with van der Waals surface area (Å²) in [6.45, 7) is 7.73. The van der Waals surface area contributed by atoms with Gasteiger partial charge in [-0.1, -0.05) is 19.3 Å². The summed E-state index contributed by atoms with van der Waals surface area (Å²) >= 11 is 0. The number of hydrogen-bond donors (Lipinski definition) is 3. The van der Waals surface area contributed by atoms with Gasteiger partial charge in [-0.15, -0.1) is 0 Å². The molecule has 6 nitrogen and oxygen atoms in total. The second-order valence-electron chi connectivity index (χ2n) is 7.23. The maximum atomic E-state index is 12.1. The Morgan fingerprint density at radius 2 is 1.88 bits per heavy atom. The smallest absolute Gasteiger partial charge is 0.242 e. The molecule has 0 aromatic rings. The first-order valence-electron chi connectivity index (χ1n) is 9.65. The number of hydrogen-bond acceptors (Lipinski definition) is 4. The minimum atomic E-state index is -0.444. The Balaban J connectivity index is 1.54. The number of rotatable bonds is 8. The molecule has 24 heavy (non-hydrogen) atoms. The van der Waals surface area contributed by atoms with Gasteiger partial charge < -0.3 is 20.9 Å². The zero-order chi connectivity index (χ0) is 17.2. The maximum Gasteiger partial charge on any atom is 0.242 e. The number of nitrogens with one attached hydrogen (secondary N) is 3. The Hall–Kier alpha value is -1.14. The van der Waals surface area contributed by atoms with Gasteiger partial charge in [0.25, 0.3) is 0 Å². The quantitative estimate of drug-likeness (QED) is 0.574. The average Bonchev–Trinajstić information content (AvgIpc) is 2.60. The molecule has 2 aliphatic rings. The van der Waals surface area contributed by atoms with Gasteiger partial charge in [0.2, 0.25) is 11.8 Å². The third-order valence-electron chi connectivity index (χ3n) is 5.13. The van der Waals surface area contributed by atoms with Crippen molar-refractivity contribution in [2.45, 2.75) is 57.9 Å². The van der Waals surface area contributed by atoms with Crippen molar-refractivity contribution in [1.29, 1.82) is 0 Å². The van der Waals surface area contributed by atoms with Crippen LogP contribution in [0.25, 0.3) is 0 Å². The second-order valence-corrected chi connectivity index (χ2v) is 7.23. The molecule has 2 amide bonds. The lowest BCUT2D eigenvalue weighted by Gasteiger charge is -2.27. The third kappa shape index (κ3) is 7.18. The predicted molar refractivity (Wildman–Crippen MR) is 95.7 cm³/mol. The summed E-state index contributed by atoms with van der Waals surface area (Å²) in [5.41, 5.74) is 0. The van der Waals surface area contributed by atoms with Crippen LogP contribution in [0.3, 0.4) is 0 Å². The number of carbonyl (C=O) groups is 2. The van der Waals surface area contributed by atoms with Crippen molar-refractivity contribution in [2.24, 2.45) is 5.92 Å². The molecule has 1 aliphatic carbocycles. The highest BCUT2D eigenvalue weighted by Crippen LogP contribution is 2.26. The summed E-state index contributed by atoms with van der Waals surface area (Å²) in [5, 5.41) is 9.12. The van der Waals surface area contributed by atoms with Crippen molar-refractivity contribution in [3.63, 3.8) is 0 Å². The van der Waals surface area contributed by atoms with Crippen molar-refractivity contribution in [3.05, 3.63) is 0 Å². The summed E-state index contributed by atoms with van der Waals surface area (Å²) < 4.78 is 0. The summed E-state index contributed by atoms with van der Waals surface area (Å²) in [6, 6.07) is -0.444. The fourth-order valence-corrected chi connectivity index (χ4v) is 3.62. The van der Waals surface area contributed by atoms with E-state index < -0.39 is 6.04 Å². The molecule has 1 saturated carbocycles. The van der Waals surface area contributed by atoms with Gasteiger partial charge in [0.15, 0.2) is 0 Å². The van der Waals surface area contributed by atoms with Crippen LogP contribution in [0.15, 0.2) is 0 Å². The number of amides is 2. The third-order valence-corrected chi connectivity index (χ3v) is 5.13. The normalized spacial score (nSPS) is 21.2.